The Hall–Kier alpha value is -2.94. The molecule has 1 aliphatic heterocycles. The first kappa shape index (κ1) is 19.4. The standard InChI is InChI=1S/C19H17ClF2N4O3/c1-24-17-14(26(19(24)28)10-16(27)25-5-2-6-25)7-12(9-23-17)11-3-4-13(20)15(8-11)29-18(21)22/h3-4,7-9,18H,2,5-6,10H2,1H3. The molecule has 0 aliphatic carbocycles. The molecule has 0 saturated carbocycles. The second-order valence-corrected chi connectivity index (χ2v) is 7.16. The zero-order valence-corrected chi connectivity index (χ0v) is 16.2. The summed E-state index contributed by atoms with van der Waals surface area (Å²) in [6.45, 7) is -1.70. The zero-order chi connectivity index (χ0) is 20.7. The Kier molecular flexibility index (Phi) is 4.99. The molecule has 29 heavy (non-hydrogen) atoms. The SMILES string of the molecule is Cn1c(=O)n(CC(=O)N2CCC2)c2cc(-c3ccc(Cl)c(OC(F)F)c3)cnc21. The van der Waals surface area contributed by atoms with Gasteiger partial charge in [-0.3, -0.25) is 13.9 Å². The maximum Gasteiger partial charge on any atom is 0.387 e. The monoisotopic (exact) mass is 422 g/mol. The number of nitrogens with zero attached hydrogens (tertiary/aromatic N) is 4. The van der Waals surface area contributed by atoms with E-state index in [1.54, 1.807) is 24.1 Å². The zero-order valence-electron chi connectivity index (χ0n) is 15.4. The number of carbonyl (C=O) groups is 1. The van der Waals surface area contributed by atoms with Crippen molar-refractivity contribution < 1.29 is 18.3 Å². The average molecular weight is 423 g/mol. The molecule has 3 heterocycles. The number of amides is 1. The van der Waals surface area contributed by atoms with Crippen LogP contribution in [0.5, 0.6) is 5.75 Å². The lowest BCUT2D eigenvalue weighted by molar-refractivity contribution is -0.135. The summed E-state index contributed by atoms with van der Waals surface area (Å²) in [6.07, 6.45) is 2.49. The van der Waals surface area contributed by atoms with Gasteiger partial charge in [0.05, 0.1) is 10.5 Å². The molecule has 152 valence electrons. The second-order valence-electron chi connectivity index (χ2n) is 6.75. The molecule has 0 atom stereocenters. The van der Waals surface area contributed by atoms with Gasteiger partial charge in [-0.25, -0.2) is 9.78 Å². The number of imidazole rings is 1. The van der Waals surface area contributed by atoms with Gasteiger partial charge in [-0.15, -0.1) is 0 Å². The summed E-state index contributed by atoms with van der Waals surface area (Å²) < 4.78 is 32.4. The van der Waals surface area contributed by atoms with E-state index in [0.717, 1.165) is 6.42 Å². The minimum atomic E-state index is -3.00. The fourth-order valence-corrected chi connectivity index (χ4v) is 3.42. The number of hydrogen-bond acceptors (Lipinski definition) is 4. The third kappa shape index (κ3) is 3.57. The highest BCUT2D eigenvalue weighted by Crippen LogP contribution is 2.32. The number of pyridine rings is 1. The number of fused-ring (bicyclic) bond motifs is 1. The molecule has 3 aromatic rings. The minimum absolute atomic E-state index is 0.0554. The van der Waals surface area contributed by atoms with E-state index in [-0.39, 0.29) is 28.9 Å². The predicted molar refractivity (Wildman–Crippen MR) is 103 cm³/mol. The highest BCUT2D eigenvalue weighted by molar-refractivity contribution is 6.32. The lowest BCUT2D eigenvalue weighted by atomic mass is 10.1. The maximum atomic E-state index is 12.6. The van der Waals surface area contributed by atoms with Crippen LogP contribution in [0.25, 0.3) is 22.3 Å². The summed E-state index contributed by atoms with van der Waals surface area (Å²) in [5, 5.41) is 0.0554. The summed E-state index contributed by atoms with van der Waals surface area (Å²) in [7, 11) is 1.58. The predicted octanol–water partition coefficient (Wildman–Crippen LogP) is 2.89. The van der Waals surface area contributed by atoms with E-state index >= 15 is 0 Å². The largest absolute Gasteiger partial charge is 0.433 e. The van der Waals surface area contributed by atoms with Crippen LogP contribution in [0.3, 0.4) is 0 Å². The van der Waals surface area contributed by atoms with Crippen LogP contribution in [0.2, 0.25) is 5.02 Å². The van der Waals surface area contributed by atoms with Crippen LogP contribution in [0.4, 0.5) is 8.78 Å². The third-order valence-electron chi connectivity index (χ3n) is 4.96. The van der Waals surface area contributed by atoms with Gasteiger partial charge in [-0.05, 0) is 30.2 Å². The minimum Gasteiger partial charge on any atom is -0.433 e. The topological polar surface area (TPSA) is 69.4 Å². The quantitative estimate of drug-likeness (QED) is 0.634. The highest BCUT2D eigenvalue weighted by atomic mass is 35.5. The maximum absolute atomic E-state index is 12.6. The first-order valence-corrected chi connectivity index (χ1v) is 9.30. The lowest BCUT2D eigenvalue weighted by Crippen LogP contribution is -2.44. The normalized spacial score (nSPS) is 13.8. The third-order valence-corrected chi connectivity index (χ3v) is 5.27. The van der Waals surface area contributed by atoms with Crippen LogP contribution in [0, 0.1) is 0 Å². The molecule has 7 nitrogen and oxygen atoms in total. The van der Waals surface area contributed by atoms with Crippen LogP contribution in [-0.4, -0.2) is 44.6 Å². The van der Waals surface area contributed by atoms with E-state index in [1.165, 1.54) is 27.5 Å². The molecule has 0 bridgehead atoms. The Balaban J connectivity index is 1.76. The van der Waals surface area contributed by atoms with Crippen LogP contribution >= 0.6 is 11.6 Å². The number of alkyl halides is 2. The van der Waals surface area contributed by atoms with Gasteiger partial charge in [0.15, 0.2) is 5.65 Å². The van der Waals surface area contributed by atoms with Crippen molar-refractivity contribution in [3.8, 4) is 16.9 Å². The Bertz CT molecular complexity index is 1150. The number of aromatic nitrogens is 3. The van der Waals surface area contributed by atoms with E-state index in [9.17, 15) is 18.4 Å². The summed E-state index contributed by atoms with van der Waals surface area (Å²) in [6, 6.07) is 6.17. The van der Waals surface area contributed by atoms with Crippen molar-refractivity contribution in [2.45, 2.75) is 19.6 Å². The van der Waals surface area contributed by atoms with Gasteiger partial charge < -0.3 is 9.64 Å². The Labute approximate surface area is 169 Å². The summed E-state index contributed by atoms with van der Waals surface area (Å²) in [5.41, 5.74) is 1.67. The molecular weight excluding hydrogens is 406 g/mol. The molecule has 1 amide bonds. The number of likely N-dealkylation sites (tertiary alicyclic amines) is 1. The molecule has 0 radical (unpaired) electrons. The van der Waals surface area contributed by atoms with Gasteiger partial charge >= 0.3 is 12.3 Å². The molecule has 10 heteroatoms. The Morgan fingerprint density at radius 1 is 1.28 bits per heavy atom. The number of carbonyl (C=O) groups excluding carboxylic acids is 1. The average Bonchev–Trinajstić information content (AvgIpc) is 2.86. The fraction of sp³-hybridized carbons (Fsp3) is 0.316. The summed E-state index contributed by atoms with van der Waals surface area (Å²) in [4.78, 5) is 31.0. The van der Waals surface area contributed by atoms with Gasteiger partial charge in [0.2, 0.25) is 5.91 Å². The molecule has 1 aromatic carbocycles. The van der Waals surface area contributed by atoms with E-state index in [1.807, 2.05) is 0 Å². The number of rotatable bonds is 5. The molecule has 2 aromatic heterocycles. The van der Waals surface area contributed by atoms with E-state index in [2.05, 4.69) is 9.72 Å². The van der Waals surface area contributed by atoms with E-state index < -0.39 is 6.61 Å². The molecule has 1 fully saturated rings. The van der Waals surface area contributed by atoms with Crippen LogP contribution in [0.1, 0.15) is 6.42 Å². The lowest BCUT2D eigenvalue weighted by Gasteiger charge is -2.30. The summed E-state index contributed by atoms with van der Waals surface area (Å²) in [5.74, 6) is -0.284. The van der Waals surface area contributed by atoms with Crippen LogP contribution in [0.15, 0.2) is 35.3 Å². The van der Waals surface area contributed by atoms with Crippen molar-refractivity contribution in [1.82, 2.24) is 19.0 Å². The molecule has 0 unspecified atom stereocenters. The molecule has 1 aliphatic rings. The van der Waals surface area contributed by atoms with Crippen molar-refractivity contribution >= 4 is 28.7 Å². The number of halogens is 3. The van der Waals surface area contributed by atoms with Gasteiger partial charge in [0, 0.05) is 31.9 Å². The Morgan fingerprint density at radius 3 is 2.69 bits per heavy atom. The first-order chi connectivity index (χ1) is 13.8. The molecular formula is C19H17ClF2N4O3. The number of hydrogen-bond donors (Lipinski definition) is 0. The van der Waals surface area contributed by atoms with Crippen LogP contribution in [-0.2, 0) is 18.4 Å². The van der Waals surface area contributed by atoms with Gasteiger partial charge in [-0.2, -0.15) is 8.78 Å². The van der Waals surface area contributed by atoms with E-state index in [4.69, 9.17) is 11.6 Å². The van der Waals surface area contributed by atoms with Crippen molar-refractivity contribution in [1.29, 1.82) is 0 Å². The molecule has 0 N–H and O–H groups in total. The van der Waals surface area contributed by atoms with Gasteiger partial charge in [0.25, 0.3) is 0 Å². The number of ether oxygens (including phenoxy) is 1. The Morgan fingerprint density at radius 2 is 2.03 bits per heavy atom. The summed E-state index contributed by atoms with van der Waals surface area (Å²) >= 11 is 5.91. The van der Waals surface area contributed by atoms with Crippen molar-refractivity contribution in [2.24, 2.45) is 7.05 Å². The molecule has 4 rings (SSSR count). The highest BCUT2D eigenvalue weighted by Gasteiger charge is 2.23. The van der Waals surface area contributed by atoms with Crippen molar-refractivity contribution in [3.05, 3.63) is 46.0 Å². The van der Waals surface area contributed by atoms with Gasteiger partial charge in [0.1, 0.15) is 12.3 Å². The smallest absolute Gasteiger partial charge is 0.387 e. The molecule has 0 spiro atoms. The van der Waals surface area contributed by atoms with E-state index in [0.29, 0.717) is 35.4 Å². The molecule has 1 saturated heterocycles. The van der Waals surface area contributed by atoms with Gasteiger partial charge in [-0.1, -0.05) is 17.7 Å². The number of benzene rings is 1. The number of aryl methyl sites for hydroxylation is 1. The second kappa shape index (κ2) is 7.47. The van der Waals surface area contributed by atoms with Crippen molar-refractivity contribution in [3.63, 3.8) is 0 Å². The van der Waals surface area contributed by atoms with Crippen molar-refractivity contribution in [2.75, 3.05) is 13.1 Å². The first-order valence-electron chi connectivity index (χ1n) is 8.93. The van der Waals surface area contributed by atoms with Crippen LogP contribution < -0.4 is 10.4 Å². The fourth-order valence-electron chi connectivity index (χ4n) is 3.26.